The molecule has 2 heteroatoms. The number of allylic oxidation sites excluding steroid dienone is 4. The topological polar surface area (TPSA) is 23.8 Å². The van der Waals surface area contributed by atoms with Crippen LogP contribution >= 0.6 is 11.6 Å². The van der Waals surface area contributed by atoms with Crippen molar-refractivity contribution in [2.75, 3.05) is 0 Å². The van der Waals surface area contributed by atoms with E-state index < -0.39 is 0 Å². The number of nitriles is 1. The Hall–Kier alpha value is -1.52. The number of hydrogen-bond acceptors (Lipinski definition) is 1. The Morgan fingerprint density at radius 2 is 2.22 bits per heavy atom. The van der Waals surface area contributed by atoms with E-state index in [1.54, 1.807) is 0 Å². The predicted molar refractivity (Wildman–Crippen MR) is 73.5 cm³/mol. The van der Waals surface area contributed by atoms with Crippen LogP contribution in [0.15, 0.2) is 41.5 Å². The molecule has 0 amide bonds. The van der Waals surface area contributed by atoms with Crippen LogP contribution in [0.5, 0.6) is 0 Å². The van der Waals surface area contributed by atoms with Gasteiger partial charge in [0.15, 0.2) is 0 Å². The van der Waals surface area contributed by atoms with E-state index >= 15 is 0 Å². The molecule has 0 saturated carbocycles. The van der Waals surface area contributed by atoms with Gasteiger partial charge in [-0.1, -0.05) is 30.7 Å². The van der Waals surface area contributed by atoms with Gasteiger partial charge in [-0.15, -0.1) is 0 Å². The Kier molecular flexibility index (Phi) is 2.57. The third kappa shape index (κ3) is 1.61. The summed E-state index contributed by atoms with van der Waals surface area (Å²) in [6.45, 7) is 2.27. The molecule has 1 unspecified atom stereocenters. The molecule has 0 aromatic heterocycles. The SMILES string of the molecule is CC12CCC(C#N)=CC1=CCc1cc(Cl)ccc12. The van der Waals surface area contributed by atoms with Gasteiger partial charge in [-0.3, -0.25) is 0 Å². The number of rotatable bonds is 0. The summed E-state index contributed by atoms with van der Waals surface area (Å²) in [6.07, 6.45) is 7.10. The van der Waals surface area contributed by atoms with Crippen molar-refractivity contribution in [2.24, 2.45) is 0 Å². The second kappa shape index (κ2) is 4.00. The molecule has 1 aromatic carbocycles. The fourth-order valence-corrected chi connectivity index (χ4v) is 3.29. The average Bonchev–Trinajstić information content (AvgIpc) is 2.37. The monoisotopic (exact) mass is 255 g/mol. The minimum Gasteiger partial charge on any atom is -0.193 e. The summed E-state index contributed by atoms with van der Waals surface area (Å²) in [7, 11) is 0. The highest BCUT2D eigenvalue weighted by atomic mass is 35.5. The minimum absolute atomic E-state index is 0.0541. The van der Waals surface area contributed by atoms with Gasteiger partial charge in [0.05, 0.1) is 6.07 Å². The van der Waals surface area contributed by atoms with Crippen LogP contribution < -0.4 is 0 Å². The van der Waals surface area contributed by atoms with Gasteiger partial charge in [0.25, 0.3) is 0 Å². The number of hydrogen-bond donors (Lipinski definition) is 0. The quantitative estimate of drug-likeness (QED) is 0.677. The maximum Gasteiger partial charge on any atom is 0.0947 e. The first-order valence-corrected chi connectivity index (χ1v) is 6.61. The molecule has 1 aromatic rings. The summed E-state index contributed by atoms with van der Waals surface area (Å²) < 4.78 is 0. The maximum atomic E-state index is 9.03. The van der Waals surface area contributed by atoms with Gasteiger partial charge in [0, 0.05) is 16.0 Å². The van der Waals surface area contributed by atoms with Crippen LogP contribution in [0.1, 0.15) is 30.9 Å². The normalized spacial score (nSPS) is 25.4. The third-order valence-corrected chi connectivity index (χ3v) is 4.44. The average molecular weight is 256 g/mol. The number of nitrogens with zero attached hydrogens (tertiary/aromatic N) is 1. The third-order valence-electron chi connectivity index (χ3n) is 4.21. The Morgan fingerprint density at radius 3 is 3.00 bits per heavy atom. The van der Waals surface area contributed by atoms with Crippen molar-refractivity contribution < 1.29 is 0 Å². The molecule has 0 radical (unpaired) electrons. The lowest BCUT2D eigenvalue weighted by molar-refractivity contribution is 0.493. The molecular weight excluding hydrogens is 242 g/mol. The summed E-state index contributed by atoms with van der Waals surface area (Å²) in [4.78, 5) is 0. The zero-order valence-electron chi connectivity index (χ0n) is 10.3. The number of fused-ring (bicyclic) bond motifs is 3. The highest BCUT2D eigenvalue weighted by Crippen LogP contribution is 2.46. The van der Waals surface area contributed by atoms with E-state index in [1.807, 2.05) is 6.07 Å². The molecular formula is C16H14ClN. The Balaban J connectivity index is 2.15. The molecule has 0 N–H and O–H groups in total. The van der Waals surface area contributed by atoms with Gasteiger partial charge in [-0.25, -0.2) is 0 Å². The Labute approximate surface area is 112 Å². The molecule has 0 spiro atoms. The van der Waals surface area contributed by atoms with E-state index in [-0.39, 0.29) is 5.41 Å². The van der Waals surface area contributed by atoms with Gasteiger partial charge >= 0.3 is 0 Å². The zero-order valence-corrected chi connectivity index (χ0v) is 11.1. The van der Waals surface area contributed by atoms with Crippen LogP contribution in [0.2, 0.25) is 5.02 Å². The Bertz CT molecular complexity index is 618. The van der Waals surface area contributed by atoms with Crippen molar-refractivity contribution in [2.45, 2.75) is 31.6 Å². The molecule has 1 nitrogen and oxygen atoms in total. The lowest BCUT2D eigenvalue weighted by atomic mass is 9.64. The zero-order chi connectivity index (χ0) is 12.8. The molecule has 1 atom stereocenters. The maximum absolute atomic E-state index is 9.03. The van der Waals surface area contributed by atoms with Crippen molar-refractivity contribution >= 4 is 11.6 Å². The molecule has 2 aliphatic rings. The van der Waals surface area contributed by atoms with E-state index in [4.69, 9.17) is 16.9 Å². The first kappa shape index (κ1) is 11.6. The summed E-state index contributed by atoms with van der Waals surface area (Å²) in [5.74, 6) is 0. The van der Waals surface area contributed by atoms with Crippen LogP contribution in [-0.2, 0) is 11.8 Å². The van der Waals surface area contributed by atoms with E-state index in [0.717, 1.165) is 29.9 Å². The Morgan fingerprint density at radius 1 is 1.39 bits per heavy atom. The van der Waals surface area contributed by atoms with Crippen LogP contribution in [0.25, 0.3) is 0 Å². The second-order valence-electron chi connectivity index (χ2n) is 5.28. The molecule has 0 aliphatic heterocycles. The van der Waals surface area contributed by atoms with Gasteiger partial charge in [0.2, 0.25) is 0 Å². The predicted octanol–water partition coefficient (Wildman–Crippen LogP) is 4.32. The van der Waals surface area contributed by atoms with E-state index in [1.165, 1.54) is 16.7 Å². The van der Waals surface area contributed by atoms with Gasteiger partial charge in [0.1, 0.15) is 0 Å². The molecule has 0 bridgehead atoms. The van der Waals surface area contributed by atoms with E-state index in [2.05, 4.69) is 37.3 Å². The van der Waals surface area contributed by atoms with Crippen LogP contribution in [0.4, 0.5) is 0 Å². The summed E-state index contributed by atoms with van der Waals surface area (Å²) >= 11 is 6.07. The van der Waals surface area contributed by atoms with Crippen molar-refractivity contribution in [3.8, 4) is 6.07 Å². The van der Waals surface area contributed by atoms with E-state index in [0.29, 0.717) is 0 Å². The van der Waals surface area contributed by atoms with Crippen LogP contribution in [-0.4, -0.2) is 0 Å². The smallest absolute Gasteiger partial charge is 0.0947 e. The molecule has 0 fully saturated rings. The van der Waals surface area contributed by atoms with Crippen molar-refractivity contribution in [1.29, 1.82) is 5.26 Å². The molecule has 3 rings (SSSR count). The first-order valence-electron chi connectivity index (χ1n) is 6.24. The highest BCUT2D eigenvalue weighted by Gasteiger charge is 2.36. The summed E-state index contributed by atoms with van der Waals surface area (Å²) in [5, 5.41) is 9.84. The lowest BCUT2D eigenvalue weighted by Gasteiger charge is -2.39. The fourth-order valence-electron chi connectivity index (χ4n) is 3.10. The molecule has 0 heterocycles. The fraction of sp³-hybridized carbons (Fsp3) is 0.312. The lowest BCUT2D eigenvalue weighted by Crippen LogP contribution is -2.30. The van der Waals surface area contributed by atoms with Crippen molar-refractivity contribution in [3.63, 3.8) is 0 Å². The number of halogens is 1. The van der Waals surface area contributed by atoms with Crippen LogP contribution in [0, 0.1) is 11.3 Å². The van der Waals surface area contributed by atoms with Crippen molar-refractivity contribution in [3.05, 3.63) is 57.6 Å². The van der Waals surface area contributed by atoms with Gasteiger partial charge < -0.3 is 0 Å². The first-order chi connectivity index (χ1) is 8.63. The second-order valence-corrected chi connectivity index (χ2v) is 5.71. The highest BCUT2D eigenvalue weighted by molar-refractivity contribution is 6.30. The summed E-state index contributed by atoms with van der Waals surface area (Å²) in [5.41, 5.74) is 4.94. The molecule has 0 saturated heterocycles. The molecule has 2 aliphatic carbocycles. The number of benzene rings is 1. The van der Waals surface area contributed by atoms with E-state index in [9.17, 15) is 0 Å². The standard InChI is InChI=1S/C16H14ClN/c1-16-7-6-11(10-18)8-13(16)3-2-12-9-14(17)4-5-15(12)16/h3-5,8-9H,2,6-7H2,1H3. The van der Waals surface area contributed by atoms with Crippen LogP contribution in [0.3, 0.4) is 0 Å². The van der Waals surface area contributed by atoms with Gasteiger partial charge in [-0.05, 0) is 54.2 Å². The molecule has 18 heavy (non-hydrogen) atoms. The van der Waals surface area contributed by atoms with Crippen molar-refractivity contribution in [1.82, 2.24) is 0 Å². The summed E-state index contributed by atoms with van der Waals surface area (Å²) in [6, 6.07) is 8.47. The van der Waals surface area contributed by atoms with Gasteiger partial charge in [-0.2, -0.15) is 5.26 Å². The minimum atomic E-state index is 0.0541. The molecule has 90 valence electrons. The largest absolute Gasteiger partial charge is 0.193 e.